The molecule has 2 aromatic carbocycles. The van der Waals surface area contributed by atoms with Crippen LogP contribution in [0.15, 0.2) is 60.7 Å². The summed E-state index contributed by atoms with van der Waals surface area (Å²) in [7, 11) is 1.61. The molecular formula is C25H27N5O4. The number of hydrogen-bond acceptors (Lipinski definition) is 7. The fourth-order valence-corrected chi connectivity index (χ4v) is 3.29. The summed E-state index contributed by atoms with van der Waals surface area (Å²) in [6.45, 7) is 4.77. The minimum Gasteiger partial charge on any atom is -0.497 e. The Labute approximate surface area is 197 Å². The maximum Gasteiger partial charge on any atom is 0.258 e. The molecule has 1 amide bonds. The maximum atomic E-state index is 12.1. The third-order valence-electron chi connectivity index (χ3n) is 5.16. The Bertz CT molecular complexity index is 1250. The summed E-state index contributed by atoms with van der Waals surface area (Å²) in [6, 6.07) is 18.7. The molecule has 9 nitrogen and oxygen atoms in total. The average Bonchev–Trinajstić information content (AvgIpc) is 3.29. The third-order valence-corrected chi connectivity index (χ3v) is 5.16. The lowest BCUT2D eigenvalue weighted by molar-refractivity contribution is -0.123. The van der Waals surface area contributed by atoms with Crippen molar-refractivity contribution >= 4 is 11.6 Å². The second-order valence-corrected chi connectivity index (χ2v) is 7.91. The van der Waals surface area contributed by atoms with Crippen LogP contribution < -0.4 is 19.5 Å². The van der Waals surface area contributed by atoms with Crippen LogP contribution in [0.4, 0.5) is 0 Å². The molecule has 0 aliphatic rings. The van der Waals surface area contributed by atoms with E-state index in [1.54, 1.807) is 23.8 Å². The molecular weight excluding hydrogens is 434 g/mol. The Morgan fingerprint density at radius 1 is 1.00 bits per heavy atom. The van der Waals surface area contributed by atoms with Crippen LogP contribution in [-0.4, -0.2) is 52.6 Å². The Balaban J connectivity index is 1.27. The van der Waals surface area contributed by atoms with Gasteiger partial charge in [0, 0.05) is 11.6 Å². The van der Waals surface area contributed by atoms with Gasteiger partial charge in [0.2, 0.25) is 5.88 Å². The van der Waals surface area contributed by atoms with Gasteiger partial charge < -0.3 is 19.5 Å². The van der Waals surface area contributed by atoms with Crippen molar-refractivity contribution in [3.05, 3.63) is 66.2 Å². The van der Waals surface area contributed by atoms with Crippen LogP contribution in [0.1, 0.15) is 25.3 Å². The molecule has 0 bridgehead atoms. The van der Waals surface area contributed by atoms with Gasteiger partial charge in [0.15, 0.2) is 18.1 Å². The summed E-state index contributed by atoms with van der Waals surface area (Å²) >= 11 is 0. The highest BCUT2D eigenvalue weighted by atomic mass is 16.5. The number of methoxy groups -OCH3 is 1. The van der Waals surface area contributed by atoms with Gasteiger partial charge in [0.25, 0.3) is 5.91 Å². The van der Waals surface area contributed by atoms with E-state index in [0.29, 0.717) is 41.3 Å². The number of hydrogen-bond donors (Lipinski definition) is 1. The molecule has 0 atom stereocenters. The van der Waals surface area contributed by atoms with Gasteiger partial charge in [-0.3, -0.25) is 4.79 Å². The predicted molar refractivity (Wildman–Crippen MR) is 127 cm³/mol. The van der Waals surface area contributed by atoms with Crippen molar-refractivity contribution in [2.24, 2.45) is 0 Å². The molecule has 176 valence electrons. The van der Waals surface area contributed by atoms with E-state index in [0.717, 1.165) is 5.56 Å². The Morgan fingerprint density at radius 3 is 2.59 bits per heavy atom. The Morgan fingerprint density at radius 2 is 1.82 bits per heavy atom. The molecule has 0 aliphatic carbocycles. The van der Waals surface area contributed by atoms with Crippen molar-refractivity contribution in [2.75, 3.05) is 26.9 Å². The van der Waals surface area contributed by atoms with Crippen LogP contribution >= 0.6 is 0 Å². The molecule has 0 spiro atoms. The van der Waals surface area contributed by atoms with Gasteiger partial charge in [-0.15, -0.1) is 15.3 Å². The highest BCUT2D eigenvalue weighted by Crippen LogP contribution is 2.23. The van der Waals surface area contributed by atoms with E-state index < -0.39 is 0 Å². The van der Waals surface area contributed by atoms with Crippen molar-refractivity contribution in [1.82, 2.24) is 25.1 Å². The number of ether oxygens (including phenoxy) is 3. The molecule has 0 unspecified atom stereocenters. The summed E-state index contributed by atoms with van der Waals surface area (Å²) in [5.41, 5.74) is 2.64. The van der Waals surface area contributed by atoms with Crippen LogP contribution in [0, 0.1) is 0 Å². The van der Waals surface area contributed by atoms with E-state index in [-0.39, 0.29) is 19.1 Å². The first kappa shape index (κ1) is 23.0. The standard InChI is InChI=1S/C25H27N5O4/c1-17(2)18-7-9-20(10-8-18)34-16-23(31)26-13-14-33-24-12-11-22-27-28-25(30(22)29-24)19-5-4-6-21(15-19)32-3/h4-12,15,17H,13-14,16H2,1-3H3,(H,26,31). The lowest BCUT2D eigenvalue weighted by Gasteiger charge is -2.10. The first-order chi connectivity index (χ1) is 16.5. The molecule has 9 heteroatoms. The van der Waals surface area contributed by atoms with E-state index in [9.17, 15) is 4.79 Å². The van der Waals surface area contributed by atoms with E-state index in [1.807, 2.05) is 48.5 Å². The second-order valence-electron chi connectivity index (χ2n) is 7.91. The normalized spacial score (nSPS) is 10.9. The Kier molecular flexibility index (Phi) is 7.22. The summed E-state index contributed by atoms with van der Waals surface area (Å²) < 4.78 is 18.1. The summed E-state index contributed by atoms with van der Waals surface area (Å²) in [4.78, 5) is 12.1. The average molecular weight is 462 g/mol. The highest BCUT2D eigenvalue weighted by molar-refractivity contribution is 5.77. The number of rotatable bonds is 10. The molecule has 0 saturated carbocycles. The SMILES string of the molecule is COc1cccc(-c2nnc3ccc(OCCNC(=O)COc4ccc(C(C)C)cc4)nn23)c1. The number of nitrogens with one attached hydrogen (secondary N) is 1. The van der Waals surface area contributed by atoms with Crippen LogP contribution in [0.3, 0.4) is 0 Å². The number of benzene rings is 2. The van der Waals surface area contributed by atoms with E-state index in [2.05, 4.69) is 34.5 Å². The molecule has 2 heterocycles. The topological polar surface area (TPSA) is 99.9 Å². The first-order valence-electron chi connectivity index (χ1n) is 11.0. The number of carbonyl (C=O) groups excluding carboxylic acids is 1. The van der Waals surface area contributed by atoms with Crippen LogP contribution in [-0.2, 0) is 4.79 Å². The minimum atomic E-state index is -0.223. The molecule has 2 aromatic heterocycles. The van der Waals surface area contributed by atoms with Gasteiger partial charge in [-0.25, -0.2) is 0 Å². The van der Waals surface area contributed by atoms with Gasteiger partial charge in [-0.2, -0.15) is 4.52 Å². The molecule has 1 N–H and O–H groups in total. The third kappa shape index (κ3) is 5.61. The molecule has 0 saturated heterocycles. The van der Waals surface area contributed by atoms with E-state index >= 15 is 0 Å². The number of nitrogens with zero attached hydrogens (tertiary/aromatic N) is 4. The lowest BCUT2D eigenvalue weighted by Crippen LogP contribution is -2.32. The lowest BCUT2D eigenvalue weighted by atomic mass is 10.0. The van der Waals surface area contributed by atoms with Crippen molar-refractivity contribution in [1.29, 1.82) is 0 Å². The van der Waals surface area contributed by atoms with Crippen molar-refractivity contribution in [3.63, 3.8) is 0 Å². The van der Waals surface area contributed by atoms with Crippen LogP contribution in [0.5, 0.6) is 17.4 Å². The van der Waals surface area contributed by atoms with E-state index in [4.69, 9.17) is 14.2 Å². The fourth-order valence-electron chi connectivity index (χ4n) is 3.29. The van der Waals surface area contributed by atoms with Gasteiger partial charge in [0.05, 0.1) is 13.7 Å². The molecule has 0 aliphatic heterocycles. The van der Waals surface area contributed by atoms with Gasteiger partial charge >= 0.3 is 0 Å². The zero-order valence-electron chi connectivity index (χ0n) is 19.4. The van der Waals surface area contributed by atoms with E-state index in [1.165, 1.54) is 5.56 Å². The number of carbonyl (C=O) groups is 1. The molecule has 34 heavy (non-hydrogen) atoms. The zero-order chi connectivity index (χ0) is 23.9. The van der Waals surface area contributed by atoms with Crippen molar-refractivity contribution < 1.29 is 19.0 Å². The van der Waals surface area contributed by atoms with Gasteiger partial charge in [-0.1, -0.05) is 38.1 Å². The quantitative estimate of drug-likeness (QED) is 0.361. The number of amides is 1. The minimum absolute atomic E-state index is 0.0597. The maximum absolute atomic E-state index is 12.1. The van der Waals surface area contributed by atoms with Crippen molar-refractivity contribution in [3.8, 4) is 28.8 Å². The number of aromatic nitrogens is 4. The molecule has 4 aromatic rings. The van der Waals surface area contributed by atoms with Gasteiger partial charge in [0.1, 0.15) is 18.1 Å². The second kappa shape index (κ2) is 10.7. The summed E-state index contributed by atoms with van der Waals surface area (Å²) in [6.07, 6.45) is 0. The largest absolute Gasteiger partial charge is 0.497 e. The van der Waals surface area contributed by atoms with Crippen molar-refractivity contribution in [2.45, 2.75) is 19.8 Å². The molecule has 4 rings (SSSR count). The monoisotopic (exact) mass is 461 g/mol. The van der Waals surface area contributed by atoms with Gasteiger partial charge in [-0.05, 0) is 41.8 Å². The number of fused-ring (bicyclic) bond motifs is 1. The predicted octanol–water partition coefficient (Wildman–Crippen LogP) is 3.50. The smallest absolute Gasteiger partial charge is 0.258 e. The zero-order valence-corrected chi connectivity index (χ0v) is 19.4. The summed E-state index contributed by atoms with van der Waals surface area (Å²) in [5, 5.41) is 15.6. The molecule has 0 radical (unpaired) electrons. The fraction of sp³-hybridized carbons (Fsp3) is 0.280. The Hall–Kier alpha value is -4.14. The molecule has 0 fully saturated rings. The highest BCUT2D eigenvalue weighted by Gasteiger charge is 2.11. The van der Waals surface area contributed by atoms with Crippen LogP contribution in [0.2, 0.25) is 0 Å². The van der Waals surface area contributed by atoms with Crippen LogP contribution in [0.25, 0.3) is 17.0 Å². The summed E-state index contributed by atoms with van der Waals surface area (Å²) in [5.74, 6) is 2.58. The first-order valence-corrected chi connectivity index (χ1v) is 11.0.